The fourth-order valence-electron chi connectivity index (χ4n) is 2.86. The lowest BCUT2D eigenvalue weighted by molar-refractivity contribution is 0.1000. The summed E-state index contributed by atoms with van der Waals surface area (Å²) in [5, 5.41) is 3.57. The molecule has 0 unspecified atom stereocenters. The molecule has 1 aliphatic rings. The second kappa shape index (κ2) is 5.00. The standard InChI is InChI=1S/C17H18N2O/c1-11-8-14(17(18)20)6-7-16(11)19-15-9-12-4-2-3-5-13(12)10-15/h2-8,15,19H,9-10H2,1H3,(H2,18,20). The highest BCUT2D eigenvalue weighted by Gasteiger charge is 2.21. The van der Waals surface area contributed by atoms with Crippen LogP contribution < -0.4 is 11.1 Å². The summed E-state index contributed by atoms with van der Waals surface area (Å²) in [6, 6.07) is 14.6. The van der Waals surface area contributed by atoms with E-state index in [-0.39, 0.29) is 5.91 Å². The molecule has 3 N–H and O–H groups in total. The molecule has 0 spiro atoms. The Kier molecular flexibility index (Phi) is 3.18. The Bertz CT molecular complexity index is 639. The largest absolute Gasteiger partial charge is 0.381 e. The molecule has 0 radical (unpaired) electrons. The predicted molar refractivity (Wildman–Crippen MR) is 81.0 cm³/mol. The molecule has 1 aliphatic carbocycles. The quantitative estimate of drug-likeness (QED) is 0.897. The number of anilines is 1. The maximum atomic E-state index is 11.2. The smallest absolute Gasteiger partial charge is 0.248 e. The van der Waals surface area contributed by atoms with Gasteiger partial charge >= 0.3 is 0 Å². The Morgan fingerprint density at radius 3 is 2.35 bits per heavy atom. The number of nitrogens with one attached hydrogen (secondary N) is 1. The molecule has 0 fully saturated rings. The number of hydrogen-bond acceptors (Lipinski definition) is 2. The van der Waals surface area contributed by atoms with Crippen LogP contribution >= 0.6 is 0 Å². The first kappa shape index (κ1) is 12.7. The number of nitrogens with two attached hydrogens (primary N) is 1. The molecule has 0 saturated carbocycles. The van der Waals surface area contributed by atoms with Gasteiger partial charge in [-0.3, -0.25) is 4.79 Å². The molecule has 0 aromatic heterocycles. The highest BCUT2D eigenvalue weighted by Crippen LogP contribution is 2.26. The van der Waals surface area contributed by atoms with Crippen LogP contribution in [0.25, 0.3) is 0 Å². The molecular formula is C17H18N2O. The van der Waals surface area contributed by atoms with Gasteiger partial charge in [-0.1, -0.05) is 24.3 Å². The van der Waals surface area contributed by atoms with Crippen LogP contribution in [0.1, 0.15) is 27.0 Å². The van der Waals surface area contributed by atoms with Crippen molar-refractivity contribution in [2.24, 2.45) is 5.73 Å². The zero-order valence-electron chi connectivity index (χ0n) is 11.5. The zero-order valence-corrected chi connectivity index (χ0v) is 11.5. The topological polar surface area (TPSA) is 55.1 Å². The van der Waals surface area contributed by atoms with Crippen molar-refractivity contribution in [3.63, 3.8) is 0 Å². The van der Waals surface area contributed by atoms with Crippen molar-refractivity contribution in [2.45, 2.75) is 25.8 Å². The van der Waals surface area contributed by atoms with Crippen LogP contribution in [0.3, 0.4) is 0 Å². The SMILES string of the molecule is Cc1cc(C(N)=O)ccc1NC1Cc2ccccc2C1. The van der Waals surface area contributed by atoms with E-state index in [4.69, 9.17) is 5.73 Å². The van der Waals surface area contributed by atoms with Gasteiger partial charge in [-0.05, 0) is 54.7 Å². The molecule has 3 rings (SSSR count). The first-order chi connectivity index (χ1) is 9.63. The van der Waals surface area contributed by atoms with Crippen molar-refractivity contribution in [2.75, 3.05) is 5.32 Å². The third kappa shape index (κ3) is 2.39. The molecule has 0 saturated heterocycles. The van der Waals surface area contributed by atoms with Crippen molar-refractivity contribution < 1.29 is 4.79 Å². The molecule has 0 bridgehead atoms. The fourth-order valence-corrected chi connectivity index (χ4v) is 2.86. The zero-order chi connectivity index (χ0) is 14.1. The summed E-state index contributed by atoms with van der Waals surface area (Å²) in [6.07, 6.45) is 2.10. The van der Waals surface area contributed by atoms with Crippen LogP contribution in [0.4, 0.5) is 5.69 Å². The number of aryl methyl sites for hydroxylation is 1. The van der Waals surface area contributed by atoms with Crippen LogP contribution in [0.5, 0.6) is 0 Å². The summed E-state index contributed by atoms with van der Waals surface area (Å²) in [6.45, 7) is 2.00. The number of primary amides is 1. The number of amides is 1. The summed E-state index contributed by atoms with van der Waals surface area (Å²) in [4.78, 5) is 11.2. The normalized spacial score (nSPS) is 14.1. The molecule has 0 heterocycles. The minimum absolute atomic E-state index is 0.382. The van der Waals surface area contributed by atoms with Gasteiger partial charge in [-0.15, -0.1) is 0 Å². The van der Waals surface area contributed by atoms with E-state index in [1.807, 2.05) is 19.1 Å². The number of fused-ring (bicyclic) bond motifs is 1. The van der Waals surface area contributed by atoms with Gasteiger partial charge in [0.1, 0.15) is 0 Å². The molecule has 0 atom stereocenters. The van der Waals surface area contributed by atoms with Crippen molar-refractivity contribution in [3.05, 3.63) is 64.7 Å². The van der Waals surface area contributed by atoms with E-state index >= 15 is 0 Å². The monoisotopic (exact) mass is 266 g/mol. The average molecular weight is 266 g/mol. The Labute approximate surface area is 118 Å². The van der Waals surface area contributed by atoms with E-state index in [2.05, 4.69) is 29.6 Å². The highest BCUT2D eigenvalue weighted by molar-refractivity contribution is 5.93. The summed E-state index contributed by atoms with van der Waals surface area (Å²) in [7, 11) is 0. The van der Waals surface area contributed by atoms with Crippen molar-refractivity contribution in [1.29, 1.82) is 0 Å². The molecule has 20 heavy (non-hydrogen) atoms. The summed E-state index contributed by atoms with van der Waals surface area (Å²) >= 11 is 0. The first-order valence-corrected chi connectivity index (χ1v) is 6.87. The average Bonchev–Trinajstić information content (AvgIpc) is 2.83. The number of benzene rings is 2. The molecule has 3 heteroatoms. The van der Waals surface area contributed by atoms with E-state index in [1.165, 1.54) is 11.1 Å². The predicted octanol–water partition coefficient (Wildman–Crippen LogP) is 2.67. The lowest BCUT2D eigenvalue weighted by Gasteiger charge is -2.16. The van der Waals surface area contributed by atoms with E-state index in [9.17, 15) is 4.79 Å². The van der Waals surface area contributed by atoms with Crippen molar-refractivity contribution in [1.82, 2.24) is 0 Å². The minimum Gasteiger partial charge on any atom is -0.381 e. The van der Waals surface area contributed by atoms with Gasteiger partial charge in [0.2, 0.25) is 5.91 Å². The lowest BCUT2D eigenvalue weighted by Crippen LogP contribution is -2.20. The molecule has 2 aromatic carbocycles. The van der Waals surface area contributed by atoms with Gasteiger partial charge < -0.3 is 11.1 Å². The number of hydrogen-bond donors (Lipinski definition) is 2. The summed E-state index contributed by atoms with van der Waals surface area (Å²) < 4.78 is 0. The highest BCUT2D eigenvalue weighted by atomic mass is 16.1. The van der Waals surface area contributed by atoms with Crippen LogP contribution in [0.15, 0.2) is 42.5 Å². The molecule has 2 aromatic rings. The van der Waals surface area contributed by atoms with E-state index in [0.717, 1.165) is 24.1 Å². The Balaban J connectivity index is 1.75. The van der Waals surface area contributed by atoms with Gasteiger partial charge in [0.25, 0.3) is 0 Å². The Morgan fingerprint density at radius 1 is 1.15 bits per heavy atom. The van der Waals surface area contributed by atoms with Gasteiger partial charge in [-0.2, -0.15) is 0 Å². The minimum atomic E-state index is -0.382. The van der Waals surface area contributed by atoms with E-state index in [0.29, 0.717) is 11.6 Å². The second-order valence-corrected chi connectivity index (χ2v) is 5.41. The summed E-state index contributed by atoms with van der Waals surface area (Å²) in [5.74, 6) is -0.382. The molecule has 1 amide bonds. The van der Waals surface area contributed by atoms with Crippen LogP contribution in [0.2, 0.25) is 0 Å². The van der Waals surface area contributed by atoms with Gasteiger partial charge in [0, 0.05) is 17.3 Å². The van der Waals surface area contributed by atoms with Gasteiger partial charge in [0.15, 0.2) is 0 Å². The Hall–Kier alpha value is -2.29. The van der Waals surface area contributed by atoms with Gasteiger partial charge in [-0.25, -0.2) is 0 Å². The second-order valence-electron chi connectivity index (χ2n) is 5.41. The van der Waals surface area contributed by atoms with Crippen LogP contribution in [-0.4, -0.2) is 11.9 Å². The van der Waals surface area contributed by atoms with E-state index in [1.54, 1.807) is 6.07 Å². The van der Waals surface area contributed by atoms with Gasteiger partial charge in [0.05, 0.1) is 0 Å². The van der Waals surface area contributed by atoms with Crippen LogP contribution in [-0.2, 0) is 12.8 Å². The molecular weight excluding hydrogens is 248 g/mol. The molecule has 0 aliphatic heterocycles. The fraction of sp³-hybridized carbons (Fsp3) is 0.235. The molecule has 3 nitrogen and oxygen atoms in total. The number of carbonyl (C=O) groups is 1. The molecule has 102 valence electrons. The number of carbonyl (C=O) groups excluding carboxylic acids is 1. The van der Waals surface area contributed by atoms with E-state index < -0.39 is 0 Å². The maximum Gasteiger partial charge on any atom is 0.248 e. The van der Waals surface area contributed by atoms with Crippen molar-refractivity contribution >= 4 is 11.6 Å². The van der Waals surface area contributed by atoms with Crippen molar-refractivity contribution in [3.8, 4) is 0 Å². The van der Waals surface area contributed by atoms with Crippen LogP contribution in [0, 0.1) is 6.92 Å². The Morgan fingerprint density at radius 2 is 1.80 bits per heavy atom. The maximum absolute atomic E-state index is 11.2. The first-order valence-electron chi connectivity index (χ1n) is 6.87. The third-order valence-electron chi connectivity index (χ3n) is 3.92. The number of rotatable bonds is 3. The lowest BCUT2D eigenvalue weighted by atomic mass is 10.1. The summed E-state index contributed by atoms with van der Waals surface area (Å²) in [5.41, 5.74) is 10.8. The third-order valence-corrected chi connectivity index (χ3v) is 3.92.